The van der Waals surface area contributed by atoms with Gasteiger partial charge in [0.2, 0.25) is 0 Å². The molecule has 0 aliphatic rings. The maximum atomic E-state index is 11.7. The van der Waals surface area contributed by atoms with Crippen LogP contribution < -0.4 is 4.74 Å². The molecule has 0 saturated heterocycles. The van der Waals surface area contributed by atoms with Crippen molar-refractivity contribution in [2.24, 2.45) is 0 Å². The van der Waals surface area contributed by atoms with Crippen LogP contribution in [0.1, 0.15) is 16.2 Å². The highest BCUT2D eigenvalue weighted by molar-refractivity contribution is 5.92. The lowest BCUT2D eigenvalue weighted by Crippen LogP contribution is -2.03. The van der Waals surface area contributed by atoms with Crippen molar-refractivity contribution >= 4 is 17.1 Å². The topological polar surface area (TPSA) is 90.0 Å². The van der Waals surface area contributed by atoms with Gasteiger partial charge in [0.15, 0.2) is 5.65 Å². The van der Waals surface area contributed by atoms with Gasteiger partial charge in [-0.2, -0.15) is 5.26 Å². The standard InChI is InChI=1S/C17H14N4O3/c1-23-13-5-3-12(4-6-13)21-15(7-8-18)20-14-9-11(17(22)24-2)10-19-16(14)21/h3-6,9-10H,7H2,1-2H3. The number of nitrogens with zero attached hydrogens (tertiary/aromatic N) is 4. The molecule has 0 aliphatic carbocycles. The van der Waals surface area contributed by atoms with Gasteiger partial charge in [-0.1, -0.05) is 0 Å². The maximum Gasteiger partial charge on any atom is 0.339 e. The van der Waals surface area contributed by atoms with Gasteiger partial charge >= 0.3 is 5.97 Å². The lowest BCUT2D eigenvalue weighted by atomic mass is 10.2. The maximum absolute atomic E-state index is 11.7. The summed E-state index contributed by atoms with van der Waals surface area (Å²) in [6, 6.07) is 11.1. The van der Waals surface area contributed by atoms with Gasteiger partial charge < -0.3 is 9.47 Å². The molecule has 0 fully saturated rings. The fraction of sp³-hybridized carbons (Fsp3) is 0.176. The zero-order valence-corrected chi connectivity index (χ0v) is 13.2. The molecule has 120 valence electrons. The number of carbonyl (C=O) groups excluding carboxylic acids is 1. The summed E-state index contributed by atoms with van der Waals surface area (Å²) in [4.78, 5) is 20.4. The number of benzene rings is 1. The van der Waals surface area contributed by atoms with Crippen LogP contribution in [0, 0.1) is 11.3 Å². The third-order valence-corrected chi connectivity index (χ3v) is 3.56. The molecule has 1 aromatic carbocycles. The Balaban J connectivity index is 2.18. The summed E-state index contributed by atoms with van der Waals surface area (Å²) in [6.45, 7) is 0. The number of methoxy groups -OCH3 is 2. The van der Waals surface area contributed by atoms with Crippen LogP contribution in [-0.2, 0) is 11.2 Å². The van der Waals surface area contributed by atoms with E-state index in [9.17, 15) is 4.79 Å². The van der Waals surface area contributed by atoms with Crippen LogP contribution in [0.5, 0.6) is 5.75 Å². The van der Waals surface area contributed by atoms with E-state index in [0.29, 0.717) is 22.6 Å². The van der Waals surface area contributed by atoms with Crippen LogP contribution >= 0.6 is 0 Å². The number of aromatic nitrogens is 3. The first-order chi connectivity index (χ1) is 11.7. The predicted octanol–water partition coefficient (Wildman–Crippen LogP) is 2.28. The van der Waals surface area contributed by atoms with Crippen LogP contribution in [0.3, 0.4) is 0 Å². The van der Waals surface area contributed by atoms with Gasteiger partial charge in [0, 0.05) is 11.9 Å². The van der Waals surface area contributed by atoms with Crippen molar-refractivity contribution < 1.29 is 14.3 Å². The molecule has 0 unspecified atom stereocenters. The molecule has 24 heavy (non-hydrogen) atoms. The molecule has 2 heterocycles. The zero-order valence-electron chi connectivity index (χ0n) is 13.2. The molecule has 0 atom stereocenters. The molecule has 0 radical (unpaired) electrons. The Morgan fingerprint density at radius 2 is 2.04 bits per heavy atom. The molecule has 0 aliphatic heterocycles. The first-order valence-electron chi connectivity index (χ1n) is 7.15. The Morgan fingerprint density at radius 3 is 2.67 bits per heavy atom. The summed E-state index contributed by atoms with van der Waals surface area (Å²) < 4.78 is 11.7. The molecular weight excluding hydrogens is 308 g/mol. The van der Waals surface area contributed by atoms with E-state index in [2.05, 4.69) is 16.0 Å². The van der Waals surface area contributed by atoms with E-state index in [0.717, 1.165) is 11.4 Å². The van der Waals surface area contributed by atoms with E-state index in [4.69, 9.17) is 14.7 Å². The largest absolute Gasteiger partial charge is 0.497 e. The van der Waals surface area contributed by atoms with E-state index < -0.39 is 5.97 Å². The van der Waals surface area contributed by atoms with E-state index in [1.54, 1.807) is 17.7 Å². The van der Waals surface area contributed by atoms with Gasteiger partial charge in [0.05, 0.1) is 32.3 Å². The summed E-state index contributed by atoms with van der Waals surface area (Å²) >= 11 is 0. The van der Waals surface area contributed by atoms with Crippen molar-refractivity contribution in [3.05, 3.63) is 47.9 Å². The molecular formula is C17H14N4O3. The van der Waals surface area contributed by atoms with E-state index in [-0.39, 0.29) is 6.42 Å². The minimum Gasteiger partial charge on any atom is -0.497 e. The Hall–Kier alpha value is -3.40. The summed E-state index contributed by atoms with van der Waals surface area (Å²) in [6.07, 6.45) is 1.56. The Bertz CT molecular complexity index is 939. The minimum atomic E-state index is -0.481. The van der Waals surface area contributed by atoms with E-state index in [1.165, 1.54) is 13.3 Å². The van der Waals surface area contributed by atoms with E-state index in [1.807, 2.05) is 24.3 Å². The molecule has 0 N–H and O–H groups in total. The molecule has 0 amide bonds. The van der Waals surface area contributed by atoms with Crippen LogP contribution in [0.25, 0.3) is 16.9 Å². The highest BCUT2D eigenvalue weighted by Crippen LogP contribution is 2.23. The number of nitriles is 1. The SMILES string of the molecule is COC(=O)c1cnc2c(c1)nc(CC#N)n2-c1ccc(OC)cc1. The minimum absolute atomic E-state index is 0.121. The average Bonchev–Trinajstić information content (AvgIpc) is 2.98. The number of rotatable bonds is 4. The second-order valence-electron chi connectivity index (χ2n) is 4.95. The predicted molar refractivity (Wildman–Crippen MR) is 86.1 cm³/mol. The number of esters is 1. The fourth-order valence-electron chi connectivity index (χ4n) is 2.43. The quantitative estimate of drug-likeness (QED) is 0.685. The highest BCUT2D eigenvalue weighted by atomic mass is 16.5. The van der Waals surface area contributed by atoms with Crippen molar-refractivity contribution in [1.29, 1.82) is 5.26 Å². The molecule has 0 spiro atoms. The van der Waals surface area contributed by atoms with Crippen molar-refractivity contribution in [2.75, 3.05) is 14.2 Å². The van der Waals surface area contributed by atoms with Gasteiger partial charge in [-0.25, -0.2) is 14.8 Å². The van der Waals surface area contributed by atoms with Crippen molar-refractivity contribution in [2.45, 2.75) is 6.42 Å². The van der Waals surface area contributed by atoms with Crippen molar-refractivity contribution in [3.8, 4) is 17.5 Å². The third-order valence-electron chi connectivity index (χ3n) is 3.56. The summed E-state index contributed by atoms with van der Waals surface area (Å²) in [5, 5.41) is 9.06. The fourth-order valence-corrected chi connectivity index (χ4v) is 2.43. The molecule has 7 nitrogen and oxygen atoms in total. The lowest BCUT2D eigenvalue weighted by molar-refractivity contribution is 0.0600. The number of hydrogen-bond donors (Lipinski definition) is 0. The van der Waals surface area contributed by atoms with Gasteiger partial charge in [-0.3, -0.25) is 4.57 Å². The zero-order chi connectivity index (χ0) is 17.1. The first-order valence-corrected chi connectivity index (χ1v) is 7.15. The number of imidazole rings is 1. The van der Waals surface area contributed by atoms with Gasteiger partial charge in [0.25, 0.3) is 0 Å². The first kappa shape index (κ1) is 15.5. The smallest absolute Gasteiger partial charge is 0.339 e. The normalized spacial score (nSPS) is 10.4. The molecule has 7 heteroatoms. The van der Waals surface area contributed by atoms with Gasteiger partial charge in [-0.05, 0) is 30.3 Å². The number of hydrogen-bond acceptors (Lipinski definition) is 6. The Morgan fingerprint density at radius 1 is 1.29 bits per heavy atom. The monoisotopic (exact) mass is 322 g/mol. The molecule has 2 aromatic heterocycles. The summed E-state index contributed by atoms with van der Waals surface area (Å²) in [5.74, 6) is 0.795. The van der Waals surface area contributed by atoms with Gasteiger partial charge in [0.1, 0.15) is 17.1 Å². The molecule has 3 aromatic rings. The summed E-state index contributed by atoms with van der Waals surface area (Å²) in [7, 11) is 2.90. The van der Waals surface area contributed by atoms with Crippen LogP contribution in [0.4, 0.5) is 0 Å². The second kappa shape index (κ2) is 6.38. The Labute approximate surface area is 138 Å². The van der Waals surface area contributed by atoms with Crippen molar-refractivity contribution in [1.82, 2.24) is 14.5 Å². The average molecular weight is 322 g/mol. The van der Waals surface area contributed by atoms with Crippen LogP contribution in [0.2, 0.25) is 0 Å². The van der Waals surface area contributed by atoms with Crippen molar-refractivity contribution in [3.63, 3.8) is 0 Å². The number of carbonyl (C=O) groups is 1. The Kier molecular flexibility index (Phi) is 4.12. The number of fused-ring (bicyclic) bond motifs is 1. The highest BCUT2D eigenvalue weighted by Gasteiger charge is 2.16. The molecule has 0 bridgehead atoms. The number of ether oxygens (including phenoxy) is 2. The second-order valence-corrected chi connectivity index (χ2v) is 4.95. The molecule has 3 rings (SSSR count). The third kappa shape index (κ3) is 2.65. The van der Waals surface area contributed by atoms with Crippen LogP contribution in [0.15, 0.2) is 36.5 Å². The molecule has 0 saturated carbocycles. The summed E-state index contributed by atoms with van der Waals surface area (Å²) in [5.41, 5.74) is 2.21. The number of pyridine rings is 1. The van der Waals surface area contributed by atoms with E-state index >= 15 is 0 Å². The lowest BCUT2D eigenvalue weighted by Gasteiger charge is -2.08. The van der Waals surface area contributed by atoms with Crippen LogP contribution in [-0.4, -0.2) is 34.7 Å². The van der Waals surface area contributed by atoms with Gasteiger partial charge in [-0.15, -0.1) is 0 Å².